The largest absolute Gasteiger partial charge is 0.353 e. The van der Waals surface area contributed by atoms with Gasteiger partial charge in [-0.3, -0.25) is 0 Å². The van der Waals surface area contributed by atoms with E-state index >= 15 is 0 Å². The number of hydrogen-bond donors (Lipinski definition) is 0. The average Bonchev–Trinajstić information content (AvgIpc) is 2.53. The van der Waals surface area contributed by atoms with Gasteiger partial charge in [-0.05, 0) is 44.6 Å². The SMILES string of the molecule is CCC=CC#CCCCCCCCCOC1CCCCO1. The zero-order valence-electron chi connectivity index (χ0n) is 13.7. The Morgan fingerprint density at radius 2 is 1.90 bits per heavy atom. The Balaban J connectivity index is 1.77. The average molecular weight is 292 g/mol. The van der Waals surface area contributed by atoms with Crippen molar-refractivity contribution in [1.29, 1.82) is 0 Å². The highest BCUT2D eigenvalue weighted by atomic mass is 16.7. The predicted octanol–water partition coefficient (Wildman–Crippen LogP) is 5.23. The molecular formula is C19H32O2. The van der Waals surface area contributed by atoms with E-state index in [1.54, 1.807) is 0 Å². The van der Waals surface area contributed by atoms with Crippen molar-refractivity contribution in [3.63, 3.8) is 0 Å². The lowest BCUT2D eigenvalue weighted by molar-refractivity contribution is -0.162. The van der Waals surface area contributed by atoms with E-state index in [-0.39, 0.29) is 6.29 Å². The first-order valence-corrected chi connectivity index (χ1v) is 8.80. The molecule has 2 nitrogen and oxygen atoms in total. The van der Waals surface area contributed by atoms with Crippen LogP contribution in [0.5, 0.6) is 0 Å². The number of unbranched alkanes of at least 4 members (excludes halogenated alkanes) is 6. The topological polar surface area (TPSA) is 18.5 Å². The normalized spacial score (nSPS) is 18.6. The van der Waals surface area contributed by atoms with Crippen molar-refractivity contribution in [2.24, 2.45) is 0 Å². The minimum absolute atomic E-state index is 0.0825. The van der Waals surface area contributed by atoms with E-state index in [2.05, 4.69) is 24.8 Å². The molecule has 0 spiro atoms. The fraction of sp³-hybridized carbons (Fsp3) is 0.789. The highest BCUT2D eigenvalue weighted by Crippen LogP contribution is 2.14. The van der Waals surface area contributed by atoms with Gasteiger partial charge in [-0.2, -0.15) is 0 Å². The predicted molar refractivity (Wildman–Crippen MR) is 89.1 cm³/mol. The fourth-order valence-electron chi connectivity index (χ4n) is 2.39. The van der Waals surface area contributed by atoms with Crippen LogP contribution in [0, 0.1) is 11.8 Å². The molecule has 1 unspecified atom stereocenters. The first-order chi connectivity index (χ1) is 10.4. The molecule has 1 rings (SSSR count). The van der Waals surface area contributed by atoms with E-state index in [4.69, 9.17) is 9.47 Å². The van der Waals surface area contributed by atoms with Crippen molar-refractivity contribution < 1.29 is 9.47 Å². The molecule has 120 valence electrons. The van der Waals surface area contributed by atoms with Crippen LogP contribution in [0.1, 0.15) is 77.6 Å². The van der Waals surface area contributed by atoms with Crippen LogP contribution in [-0.2, 0) is 9.47 Å². The summed E-state index contributed by atoms with van der Waals surface area (Å²) in [4.78, 5) is 0. The second kappa shape index (κ2) is 14.2. The molecule has 0 N–H and O–H groups in total. The van der Waals surface area contributed by atoms with Crippen LogP contribution in [0.25, 0.3) is 0 Å². The second-order valence-corrected chi connectivity index (χ2v) is 5.67. The number of allylic oxidation sites excluding steroid dienone is 2. The zero-order chi connectivity index (χ0) is 15.0. The molecule has 0 aromatic carbocycles. The molecule has 1 aliphatic rings. The summed E-state index contributed by atoms with van der Waals surface area (Å²) in [6, 6.07) is 0. The third kappa shape index (κ3) is 11.5. The first-order valence-electron chi connectivity index (χ1n) is 8.80. The summed E-state index contributed by atoms with van der Waals surface area (Å²) in [6.45, 7) is 3.87. The summed E-state index contributed by atoms with van der Waals surface area (Å²) < 4.78 is 11.3. The Labute approximate surface area is 131 Å². The molecule has 1 saturated heterocycles. The maximum absolute atomic E-state index is 5.73. The summed E-state index contributed by atoms with van der Waals surface area (Å²) in [5.41, 5.74) is 0. The van der Waals surface area contributed by atoms with Gasteiger partial charge in [-0.1, -0.05) is 50.5 Å². The van der Waals surface area contributed by atoms with Crippen molar-refractivity contribution in [3.05, 3.63) is 12.2 Å². The van der Waals surface area contributed by atoms with Crippen molar-refractivity contribution in [2.45, 2.75) is 83.8 Å². The van der Waals surface area contributed by atoms with E-state index < -0.39 is 0 Å². The molecule has 0 bridgehead atoms. The van der Waals surface area contributed by atoms with Crippen molar-refractivity contribution >= 4 is 0 Å². The van der Waals surface area contributed by atoms with Gasteiger partial charge in [0.25, 0.3) is 0 Å². The Morgan fingerprint density at radius 1 is 1.10 bits per heavy atom. The fourth-order valence-corrected chi connectivity index (χ4v) is 2.39. The summed E-state index contributed by atoms with van der Waals surface area (Å²) in [6.07, 6.45) is 17.4. The quantitative estimate of drug-likeness (QED) is 0.405. The Kier molecular flexibility index (Phi) is 12.3. The summed E-state index contributed by atoms with van der Waals surface area (Å²) in [5, 5.41) is 0. The van der Waals surface area contributed by atoms with Crippen molar-refractivity contribution in [1.82, 2.24) is 0 Å². The van der Waals surface area contributed by atoms with Gasteiger partial charge in [-0.25, -0.2) is 0 Å². The van der Waals surface area contributed by atoms with E-state index in [9.17, 15) is 0 Å². The molecule has 0 amide bonds. The number of ether oxygens (including phenoxy) is 2. The van der Waals surface area contributed by atoms with Gasteiger partial charge < -0.3 is 9.47 Å². The molecule has 0 aromatic heterocycles. The van der Waals surface area contributed by atoms with Gasteiger partial charge >= 0.3 is 0 Å². The maximum Gasteiger partial charge on any atom is 0.157 e. The minimum Gasteiger partial charge on any atom is -0.353 e. The number of rotatable bonds is 10. The molecule has 0 radical (unpaired) electrons. The molecule has 1 heterocycles. The Morgan fingerprint density at radius 3 is 2.67 bits per heavy atom. The van der Waals surface area contributed by atoms with Crippen LogP contribution in [-0.4, -0.2) is 19.5 Å². The molecule has 1 atom stereocenters. The highest BCUT2D eigenvalue weighted by Gasteiger charge is 2.13. The molecular weight excluding hydrogens is 260 g/mol. The van der Waals surface area contributed by atoms with Crippen LogP contribution in [0.4, 0.5) is 0 Å². The van der Waals surface area contributed by atoms with Gasteiger partial charge in [0.1, 0.15) is 0 Å². The van der Waals surface area contributed by atoms with Crippen LogP contribution in [0.3, 0.4) is 0 Å². The lowest BCUT2D eigenvalue weighted by atomic mass is 10.1. The standard InChI is InChI=1S/C19H32O2/c1-2-3-4-5-6-7-8-9-10-11-12-14-17-20-19-16-13-15-18-21-19/h3-4,19H,2,7-18H2,1H3. The molecule has 0 saturated carbocycles. The van der Waals surface area contributed by atoms with E-state index in [0.29, 0.717) is 0 Å². The second-order valence-electron chi connectivity index (χ2n) is 5.67. The van der Waals surface area contributed by atoms with Gasteiger partial charge in [0.05, 0.1) is 0 Å². The molecule has 2 heteroatoms. The molecule has 1 fully saturated rings. The summed E-state index contributed by atoms with van der Waals surface area (Å²) in [5.74, 6) is 6.27. The third-order valence-electron chi connectivity index (χ3n) is 3.68. The summed E-state index contributed by atoms with van der Waals surface area (Å²) >= 11 is 0. The van der Waals surface area contributed by atoms with Gasteiger partial charge in [0, 0.05) is 19.6 Å². The monoisotopic (exact) mass is 292 g/mol. The molecule has 0 aromatic rings. The first kappa shape index (κ1) is 18.3. The van der Waals surface area contributed by atoms with Gasteiger partial charge in [0.2, 0.25) is 0 Å². The van der Waals surface area contributed by atoms with E-state index in [1.165, 1.54) is 51.4 Å². The summed E-state index contributed by atoms with van der Waals surface area (Å²) in [7, 11) is 0. The van der Waals surface area contributed by atoms with Gasteiger partial charge in [0.15, 0.2) is 6.29 Å². The van der Waals surface area contributed by atoms with Gasteiger partial charge in [-0.15, -0.1) is 0 Å². The smallest absolute Gasteiger partial charge is 0.157 e. The van der Waals surface area contributed by atoms with Crippen molar-refractivity contribution in [3.8, 4) is 11.8 Å². The lowest BCUT2D eigenvalue weighted by Crippen LogP contribution is -2.22. The van der Waals surface area contributed by atoms with E-state index in [0.717, 1.165) is 32.5 Å². The van der Waals surface area contributed by atoms with Crippen LogP contribution >= 0.6 is 0 Å². The van der Waals surface area contributed by atoms with Crippen molar-refractivity contribution in [2.75, 3.05) is 13.2 Å². The zero-order valence-corrected chi connectivity index (χ0v) is 13.7. The van der Waals surface area contributed by atoms with Crippen LogP contribution in [0.15, 0.2) is 12.2 Å². The molecule has 1 aliphatic heterocycles. The highest BCUT2D eigenvalue weighted by molar-refractivity contribution is 5.14. The molecule has 0 aliphatic carbocycles. The molecule has 21 heavy (non-hydrogen) atoms. The van der Waals surface area contributed by atoms with Crippen LogP contribution < -0.4 is 0 Å². The van der Waals surface area contributed by atoms with E-state index in [1.807, 2.05) is 6.08 Å². The lowest BCUT2D eigenvalue weighted by Gasteiger charge is -2.22. The number of hydrogen-bond acceptors (Lipinski definition) is 2. The Hall–Kier alpha value is -0.780. The minimum atomic E-state index is 0.0825. The third-order valence-corrected chi connectivity index (χ3v) is 3.68. The van der Waals surface area contributed by atoms with Crippen LogP contribution in [0.2, 0.25) is 0 Å². The maximum atomic E-state index is 5.73. The Bertz CT molecular complexity index is 305.